The monoisotopic (exact) mass is 310 g/mol. The maximum Gasteiger partial charge on any atom is 0.154 e. The minimum Gasteiger partial charge on any atom is -0.310 e. The van der Waals surface area contributed by atoms with E-state index in [0.29, 0.717) is 0 Å². The predicted molar refractivity (Wildman–Crippen MR) is 82.3 cm³/mol. The Kier molecular flexibility index (Phi) is 4.12. The molecule has 1 heterocycles. The third-order valence-corrected chi connectivity index (χ3v) is 5.52. The molecule has 0 spiro atoms. The van der Waals surface area contributed by atoms with E-state index in [1.54, 1.807) is 23.1 Å². The van der Waals surface area contributed by atoms with E-state index in [4.69, 9.17) is 11.6 Å². The summed E-state index contributed by atoms with van der Waals surface area (Å²) in [6.45, 7) is 2.92. The van der Waals surface area contributed by atoms with Crippen LogP contribution in [0.2, 0.25) is 5.02 Å². The van der Waals surface area contributed by atoms with Gasteiger partial charge in [-0.15, -0.1) is 11.3 Å². The Labute approximate surface area is 126 Å². The molecule has 5 heteroatoms. The lowest BCUT2D eigenvalue weighted by atomic mass is 10.2. The quantitative estimate of drug-likeness (QED) is 0.879. The van der Waals surface area contributed by atoms with Gasteiger partial charge in [-0.25, -0.2) is 4.98 Å². The number of benzene rings is 1. The standard InChI is InChI=1S/C14H15ClN2S2/c1-9-8-18-14(17-9)19-13-5-2-10(6-12(13)15)7-16-11-3-4-11/h2,5-6,8,11,16H,3-4,7H2,1H3. The fourth-order valence-corrected chi connectivity index (χ4v) is 3.88. The lowest BCUT2D eigenvalue weighted by molar-refractivity contribution is 0.687. The first kappa shape index (κ1) is 13.4. The minimum absolute atomic E-state index is 0.728. The fraction of sp³-hybridized carbons (Fsp3) is 0.357. The molecule has 0 atom stereocenters. The molecule has 0 unspecified atom stereocenters. The van der Waals surface area contributed by atoms with Crippen molar-refractivity contribution < 1.29 is 0 Å². The zero-order chi connectivity index (χ0) is 13.2. The summed E-state index contributed by atoms with van der Waals surface area (Å²) in [5.41, 5.74) is 2.31. The SMILES string of the molecule is Cc1csc(Sc2ccc(CNC3CC3)cc2Cl)n1. The van der Waals surface area contributed by atoms with Crippen molar-refractivity contribution >= 4 is 34.7 Å². The summed E-state index contributed by atoms with van der Waals surface area (Å²) in [5, 5.41) is 6.37. The maximum absolute atomic E-state index is 6.35. The van der Waals surface area contributed by atoms with Crippen molar-refractivity contribution in [3.8, 4) is 0 Å². The lowest BCUT2D eigenvalue weighted by Crippen LogP contribution is -2.15. The maximum atomic E-state index is 6.35. The number of hydrogen-bond acceptors (Lipinski definition) is 4. The second kappa shape index (κ2) is 5.83. The van der Waals surface area contributed by atoms with E-state index in [9.17, 15) is 0 Å². The molecule has 1 aliphatic rings. The number of halogens is 1. The average Bonchev–Trinajstić information content (AvgIpc) is 3.13. The largest absolute Gasteiger partial charge is 0.310 e. The highest BCUT2D eigenvalue weighted by Gasteiger charge is 2.20. The van der Waals surface area contributed by atoms with Crippen LogP contribution in [0.3, 0.4) is 0 Å². The Hall–Kier alpha value is -0.550. The van der Waals surface area contributed by atoms with Gasteiger partial charge in [0.1, 0.15) is 0 Å². The lowest BCUT2D eigenvalue weighted by Gasteiger charge is -2.06. The molecule has 0 saturated heterocycles. The smallest absolute Gasteiger partial charge is 0.154 e. The van der Waals surface area contributed by atoms with E-state index >= 15 is 0 Å². The van der Waals surface area contributed by atoms with Crippen LogP contribution in [0, 0.1) is 6.92 Å². The molecule has 1 aromatic heterocycles. The molecule has 1 fully saturated rings. The summed E-state index contributed by atoms with van der Waals surface area (Å²) < 4.78 is 1.04. The van der Waals surface area contributed by atoms with Crippen LogP contribution in [0.15, 0.2) is 32.8 Å². The highest BCUT2D eigenvalue weighted by Crippen LogP contribution is 2.35. The molecule has 0 aliphatic heterocycles. The normalized spacial score (nSPS) is 14.8. The topological polar surface area (TPSA) is 24.9 Å². The Morgan fingerprint density at radius 1 is 1.47 bits per heavy atom. The van der Waals surface area contributed by atoms with Gasteiger partial charge in [0, 0.05) is 28.6 Å². The second-order valence-corrected chi connectivity index (χ2v) is 7.33. The van der Waals surface area contributed by atoms with Crippen molar-refractivity contribution in [1.82, 2.24) is 10.3 Å². The Bertz CT molecular complexity index is 579. The van der Waals surface area contributed by atoms with Gasteiger partial charge in [-0.3, -0.25) is 0 Å². The minimum atomic E-state index is 0.728. The van der Waals surface area contributed by atoms with Crippen molar-refractivity contribution in [3.63, 3.8) is 0 Å². The van der Waals surface area contributed by atoms with Gasteiger partial charge in [0.05, 0.1) is 5.02 Å². The summed E-state index contributed by atoms with van der Waals surface area (Å²) >= 11 is 9.64. The van der Waals surface area contributed by atoms with Gasteiger partial charge in [-0.2, -0.15) is 0 Å². The summed E-state index contributed by atoms with van der Waals surface area (Å²) in [4.78, 5) is 5.52. The van der Waals surface area contributed by atoms with Crippen molar-refractivity contribution in [2.24, 2.45) is 0 Å². The molecule has 100 valence electrons. The third kappa shape index (κ3) is 3.72. The molecule has 0 bridgehead atoms. The van der Waals surface area contributed by atoms with Gasteiger partial charge in [0.2, 0.25) is 0 Å². The van der Waals surface area contributed by atoms with Crippen LogP contribution in [0.5, 0.6) is 0 Å². The van der Waals surface area contributed by atoms with Gasteiger partial charge >= 0.3 is 0 Å². The van der Waals surface area contributed by atoms with Crippen molar-refractivity contribution in [3.05, 3.63) is 39.9 Å². The van der Waals surface area contributed by atoms with Crippen LogP contribution in [0.4, 0.5) is 0 Å². The zero-order valence-electron chi connectivity index (χ0n) is 10.6. The van der Waals surface area contributed by atoms with Gasteiger partial charge in [0.25, 0.3) is 0 Å². The van der Waals surface area contributed by atoms with Crippen LogP contribution in [-0.2, 0) is 6.54 Å². The van der Waals surface area contributed by atoms with Crippen molar-refractivity contribution in [2.75, 3.05) is 0 Å². The second-order valence-electron chi connectivity index (χ2n) is 4.78. The number of aromatic nitrogens is 1. The fourth-order valence-electron chi connectivity index (χ4n) is 1.76. The van der Waals surface area contributed by atoms with E-state index in [1.165, 1.54) is 18.4 Å². The molecule has 0 radical (unpaired) electrons. The third-order valence-electron chi connectivity index (χ3n) is 2.96. The number of nitrogens with zero attached hydrogens (tertiary/aromatic N) is 1. The first-order valence-electron chi connectivity index (χ1n) is 6.32. The van der Waals surface area contributed by atoms with Crippen LogP contribution in [0.25, 0.3) is 0 Å². The van der Waals surface area contributed by atoms with Crippen molar-refractivity contribution in [1.29, 1.82) is 0 Å². The molecule has 2 aromatic rings. The van der Waals surface area contributed by atoms with Crippen LogP contribution >= 0.6 is 34.7 Å². The van der Waals surface area contributed by atoms with E-state index in [-0.39, 0.29) is 0 Å². The molecular weight excluding hydrogens is 296 g/mol. The van der Waals surface area contributed by atoms with E-state index in [2.05, 4.69) is 33.9 Å². The molecule has 19 heavy (non-hydrogen) atoms. The summed E-state index contributed by atoms with van der Waals surface area (Å²) in [7, 11) is 0. The average molecular weight is 311 g/mol. The van der Waals surface area contributed by atoms with E-state index in [0.717, 1.165) is 32.5 Å². The predicted octanol–water partition coefficient (Wildman–Crippen LogP) is 4.51. The molecule has 0 amide bonds. The van der Waals surface area contributed by atoms with E-state index in [1.807, 2.05) is 6.92 Å². The molecule has 1 aliphatic carbocycles. The number of thiazole rings is 1. The van der Waals surface area contributed by atoms with Gasteiger partial charge in [0.15, 0.2) is 4.34 Å². The summed E-state index contributed by atoms with van der Waals surface area (Å²) in [6.07, 6.45) is 2.62. The van der Waals surface area contributed by atoms with Gasteiger partial charge < -0.3 is 5.32 Å². The summed E-state index contributed by atoms with van der Waals surface area (Å²) in [6, 6.07) is 7.02. The first-order chi connectivity index (χ1) is 9.20. The Morgan fingerprint density at radius 2 is 2.32 bits per heavy atom. The number of hydrogen-bond donors (Lipinski definition) is 1. The Balaban J connectivity index is 1.67. The van der Waals surface area contributed by atoms with E-state index < -0.39 is 0 Å². The summed E-state index contributed by atoms with van der Waals surface area (Å²) in [5.74, 6) is 0. The number of aryl methyl sites for hydroxylation is 1. The molecule has 1 N–H and O–H groups in total. The molecule has 1 saturated carbocycles. The van der Waals surface area contributed by atoms with Gasteiger partial charge in [-0.1, -0.05) is 29.4 Å². The highest BCUT2D eigenvalue weighted by atomic mass is 35.5. The number of rotatable bonds is 5. The molecular formula is C14H15ClN2S2. The van der Waals surface area contributed by atoms with Crippen LogP contribution < -0.4 is 5.32 Å². The molecule has 1 aromatic carbocycles. The molecule has 2 nitrogen and oxygen atoms in total. The zero-order valence-corrected chi connectivity index (χ0v) is 13.0. The van der Waals surface area contributed by atoms with Crippen LogP contribution in [-0.4, -0.2) is 11.0 Å². The Morgan fingerprint density at radius 3 is 2.95 bits per heavy atom. The molecule has 3 rings (SSSR count). The van der Waals surface area contributed by atoms with Gasteiger partial charge in [-0.05, 0) is 37.5 Å². The highest BCUT2D eigenvalue weighted by molar-refractivity contribution is 8.01. The first-order valence-corrected chi connectivity index (χ1v) is 8.40. The van der Waals surface area contributed by atoms with Crippen LogP contribution in [0.1, 0.15) is 24.1 Å². The van der Waals surface area contributed by atoms with Crippen molar-refractivity contribution in [2.45, 2.75) is 41.6 Å². The number of nitrogens with one attached hydrogen (secondary N) is 1.